The summed E-state index contributed by atoms with van der Waals surface area (Å²) >= 11 is 0. The molecule has 0 fully saturated rings. The van der Waals surface area contributed by atoms with Crippen LogP contribution in [0.4, 0.5) is 0 Å². The molecule has 0 atom stereocenters. The standard InChI is InChI=1S/C20H25N3O4/c1-15-17(12-21)19(26)23(10-8-16-6-3-2-4-7-16)20(27)18(15)13-22(14-25)9-5-11-24/h2-4,6-7,24-25,27H,5,8-11,13-14H2,1H3. The number of hydrogen-bond donors (Lipinski definition) is 3. The van der Waals surface area contributed by atoms with Crippen molar-refractivity contribution in [1.82, 2.24) is 9.47 Å². The molecule has 2 aromatic rings. The molecule has 0 saturated carbocycles. The summed E-state index contributed by atoms with van der Waals surface area (Å²) < 4.78 is 1.22. The van der Waals surface area contributed by atoms with E-state index in [9.17, 15) is 20.3 Å². The maximum Gasteiger partial charge on any atom is 0.271 e. The molecule has 0 radical (unpaired) electrons. The van der Waals surface area contributed by atoms with Gasteiger partial charge in [0.2, 0.25) is 0 Å². The second-order valence-electron chi connectivity index (χ2n) is 6.38. The first-order valence-electron chi connectivity index (χ1n) is 8.86. The number of pyridine rings is 1. The van der Waals surface area contributed by atoms with Gasteiger partial charge in [0.25, 0.3) is 5.56 Å². The van der Waals surface area contributed by atoms with E-state index in [4.69, 9.17) is 5.11 Å². The van der Waals surface area contributed by atoms with E-state index in [1.807, 2.05) is 36.4 Å². The van der Waals surface area contributed by atoms with Gasteiger partial charge in [-0.15, -0.1) is 0 Å². The van der Waals surface area contributed by atoms with Crippen LogP contribution in [0.5, 0.6) is 5.88 Å². The van der Waals surface area contributed by atoms with Crippen molar-refractivity contribution in [3.05, 3.63) is 62.9 Å². The van der Waals surface area contributed by atoms with Crippen LogP contribution in [0.15, 0.2) is 35.1 Å². The van der Waals surface area contributed by atoms with Gasteiger partial charge in [0, 0.05) is 31.8 Å². The molecular formula is C20H25N3O4. The molecule has 0 aliphatic heterocycles. The normalized spacial score (nSPS) is 10.9. The topological polar surface area (TPSA) is 110 Å². The van der Waals surface area contributed by atoms with Gasteiger partial charge in [0.15, 0.2) is 5.88 Å². The molecule has 0 spiro atoms. The first kappa shape index (κ1) is 20.6. The number of aromatic nitrogens is 1. The fourth-order valence-corrected chi connectivity index (χ4v) is 3.00. The Kier molecular flexibility index (Phi) is 7.55. The zero-order chi connectivity index (χ0) is 19.8. The van der Waals surface area contributed by atoms with Crippen molar-refractivity contribution in [3.63, 3.8) is 0 Å². The number of nitrogens with zero attached hydrogens (tertiary/aromatic N) is 3. The van der Waals surface area contributed by atoms with Crippen molar-refractivity contribution >= 4 is 0 Å². The Morgan fingerprint density at radius 1 is 1.22 bits per heavy atom. The largest absolute Gasteiger partial charge is 0.494 e. The molecule has 0 amide bonds. The van der Waals surface area contributed by atoms with Gasteiger partial charge in [-0.1, -0.05) is 30.3 Å². The van der Waals surface area contributed by atoms with Crippen molar-refractivity contribution < 1.29 is 15.3 Å². The van der Waals surface area contributed by atoms with Crippen LogP contribution in [0.2, 0.25) is 0 Å². The molecular weight excluding hydrogens is 346 g/mol. The lowest BCUT2D eigenvalue weighted by Crippen LogP contribution is -2.30. The number of benzene rings is 1. The molecule has 0 aliphatic carbocycles. The van der Waals surface area contributed by atoms with Crippen LogP contribution < -0.4 is 5.56 Å². The highest BCUT2D eigenvalue weighted by Gasteiger charge is 2.20. The third-order valence-corrected chi connectivity index (χ3v) is 4.61. The smallest absolute Gasteiger partial charge is 0.271 e. The molecule has 1 heterocycles. The first-order valence-corrected chi connectivity index (χ1v) is 8.86. The number of nitriles is 1. The lowest BCUT2D eigenvalue weighted by molar-refractivity contribution is 0.0920. The first-order chi connectivity index (χ1) is 13.0. The van der Waals surface area contributed by atoms with E-state index in [0.717, 1.165) is 5.56 Å². The molecule has 1 aromatic heterocycles. The van der Waals surface area contributed by atoms with Crippen LogP contribution in [0.25, 0.3) is 0 Å². The van der Waals surface area contributed by atoms with Crippen molar-refractivity contribution in [2.45, 2.75) is 32.9 Å². The summed E-state index contributed by atoms with van der Waals surface area (Å²) in [7, 11) is 0. The third kappa shape index (κ3) is 4.95. The van der Waals surface area contributed by atoms with Crippen LogP contribution in [0, 0.1) is 18.3 Å². The highest BCUT2D eigenvalue weighted by molar-refractivity contribution is 5.45. The SMILES string of the molecule is Cc1c(CN(CO)CCCO)c(O)n(CCc2ccccc2)c(=O)c1C#N. The van der Waals surface area contributed by atoms with E-state index in [0.29, 0.717) is 30.5 Å². The van der Waals surface area contributed by atoms with Crippen LogP contribution in [-0.4, -0.2) is 44.7 Å². The Hall–Kier alpha value is -2.66. The summed E-state index contributed by atoms with van der Waals surface area (Å²) in [5.41, 5.74) is 1.35. The molecule has 0 aliphatic rings. The molecule has 7 nitrogen and oxygen atoms in total. The lowest BCUT2D eigenvalue weighted by atomic mass is 10.0. The second kappa shape index (κ2) is 9.88. The van der Waals surface area contributed by atoms with E-state index >= 15 is 0 Å². The Morgan fingerprint density at radius 2 is 1.93 bits per heavy atom. The molecule has 0 saturated heterocycles. The molecule has 2 rings (SSSR count). The van der Waals surface area contributed by atoms with Crippen LogP contribution in [0.1, 0.15) is 28.7 Å². The average Bonchev–Trinajstić information content (AvgIpc) is 2.68. The number of aromatic hydroxyl groups is 1. The lowest BCUT2D eigenvalue weighted by Gasteiger charge is -2.22. The monoisotopic (exact) mass is 371 g/mol. The minimum atomic E-state index is -0.516. The molecule has 1 aromatic carbocycles. The summed E-state index contributed by atoms with van der Waals surface area (Å²) in [6.07, 6.45) is 1.01. The maximum atomic E-state index is 12.6. The maximum absolute atomic E-state index is 12.6. The van der Waals surface area contributed by atoms with Crippen LogP contribution in [-0.2, 0) is 19.5 Å². The second-order valence-corrected chi connectivity index (χ2v) is 6.38. The minimum Gasteiger partial charge on any atom is -0.494 e. The van der Waals surface area contributed by atoms with E-state index < -0.39 is 5.56 Å². The number of aryl methyl sites for hydroxylation is 1. The summed E-state index contributed by atoms with van der Waals surface area (Å²) in [6.45, 7) is 2.20. The Balaban J connectivity index is 2.39. The van der Waals surface area contributed by atoms with Crippen LogP contribution >= 0.6 is 0 Å². The number of aliphatic hydroxyl groups is 2. The molecule has 0 bridgehead atoms. The van der Waals surface area contributed by atoms with E-state index in [2.05, 4.69) is 0 Å². The fraction of sp³-hybridized carbons (Fsp3) is 0.400. The van der Waals surface area contributed by atoms with Gasteiger partial charge < -0.3 is 15.3 Å². The number of rotatable bonds is 9. The molecule has 7 heteroatoms. The Morgan fingerprint density at radius 3 is 2.52 bits per heavy atom. The van der Waals surface area contributed by atoms with Gasteiger partial charge in [-0.2, -0.15) is 5.26 Å². The van der Waals surface area contributed by atoms with Crippen molar-refractivity contribution in [1.29, 1.82) is 5.26 Å². The van der Waals surface area contributed by atoms with Gasteiger partial charge in [-0.3, -0.25) is 14.3 Å². The summed E-state index contributed by atoms with van der Waals surface area (Å²) in [5.74, 6) is -0.185. The quantitative estimate of drug-likeness (QED) is 0.570. The van der Waals surface area contributed by atoms with Crippen LogP contribution in [0.3, 0.4) is 0 Å². The number of aliphatic hydroxyl groups excluding tert-OH is 2. The molecule has 0 unspecified atom stereocenters. The summed E-state index contributed by atoms with van der Waals surface area (Å²) in [6, 6.07) is 11.5. The summed E-state index contributed by atoms with van der Waals surface area (Å²) in [5, 5.41) is 38.6. The highest BCUT2D eigenvalue weighted by Crippen LogP contribution is 2.23. The van der Waals surface area contributed by atoms with Crippen molar-refractivity contribution in [2.24, 2.45) is 0 Å². The van der Waals surface area contributed by atoms with Gasteiger partial charge in [0.05, 0.1) is 6.73 Å². The average molecular weight is 371 g/mol. The fourth-order valence-electron chi connectivity index (χ4n) is 3.00. The van der Waals surface area contributed by atoms with Gasteiger partial charge in [0.1, 0.15) is 11.6 Å². The van der Waals surface area contributed by atoms with Crippen molar-refractivity contribution in [2.75, 3.05) is 19.9 Å². The Bertz CT molecular complexity index is 856. The zero-order valence-corrected chi connectivity index (χ0v) is 15.4. The van der Waals surface area contributed by atoms with Crippen molar-refractivity contribution in [3.8, 4) is 11.9 Å². The van der Waals surface area contributed by atoms with E-state index in [1.54, 1.807) is 11.8 Å². The van der Waals surface area contributed by atoms with Gasteiger partial charge in [-0.25, -0.2) is 0 Å². The summed E-state index contributed by atoms with van der Waals surface area (Å²) in [4.78, 5) is 14.3. The van der Waals surface area contributed by atoms with Gasteiger partial charge in [-0.05, 0) is 30.9 Å². The zero-order valence-electron chi connectivity index (χ0n) is 15.4. The van der Waals surface area contributed by atoms with Gasteiger partial charge >= 0.3 is 0 Å². The van der Waals surface area contributed by atoms with E-state index in [1.165, 1.54) is 4.57 Å². The molecule has 144 valence electrons. The van der Waals surface area contributed by atoms with E-state index in [-0.39, 0.29) is 37.9 Å². The predicted molar refractivity (Wildman–Crippen MR) is 101 cm³/mol. The molecule has 27 heavy (non-hydrogen) atoms. The Labute approximate surface area is 158 Å². The minimum absolute atomic E-state index is 0.00379. The predicted octanol–water partition coefficient (Wildman–Crippen LogP) is 1.11. The third-order valence-electron chi connectivity index (χ3n) is 4.61. The molecule has 3 N–H and O–H groups in total. The highest BCUT2D eigenvalue weighted by atomic mass is 16.3. The number of hydrogen-bond acceptors (Lipinski definition) is 6.